The maximum atomic E-state index is 12.5. The number of hydrogen-bond donors (Lipinski definition) is 1. The van der Waals surface area contributed by atoms with Crippen molar-refractivity contribution in [1.29, 1.82) is 0 Å². The predicted octanol–water partition coefficient (Wildman–Crippen LogP) is 0.554. The van der Waals surface area contributed by atoms with E-state index in [-0.39, 0.29) is 28.2 Å². The van der Waals surface area contributed by atoms with Crippen molar-refractivity contribution in [1.82, 2.24) is 25.1 Å². The van der Waals surface area contributed by atoms with Crippen molar-refractivity contribution in [3.8, 4) is 12.3 Å². The van der Waals surface area contributed by atoms with Crippen LogP contribution in [0.25, 0.3) is 0 Å². The van der Waals surface area contributed by atoms with E-state index in [0.29, 0.717) is 25.3 Å². The van der Waals surface area contributed by atoms with Crippen LogP contribution in [0.5, 0.6) is 0 Å². The van der Waals surface area contributed by atoms with Crippen LogP contribution in [0.2, 0.25) is 0 Å². The second-order valence-electron chi connectivity index (χ2n) is 11.5. The van der Waals surface area contributed by atoms with Gasteiger partial charge in [0.25, 0.3) is 5.91 Å². The molecule has 4 rings (SSSR count). The molecule has 2 aliphatic heterocycles. The van der Waals surface area contributed by atoms with Crippen molar-refractivity contribution >= 4 is 41.4 Å². The van der Waals surface area contributed by atoms with Gasteiger partial charge in [-0.15, -0.1) is 21.6 Å². The fraction of sp³-hybridized carbons (Fsp3) is 0.583. The smallest absolute Gasteiger partial charge is 0.399 e. The molecule has 2 aliphatic rings. The molecule has 2 fully saturated rings. The summed E-state index contributed by atoms with van der Waals surface area (Å²) in [5, 5.41) is 7.47. The predicted molar refractivity (Wildman–Crippen MR) is 147 cm³/mol. The number of anilines is 1. The molecule has 36 heavy (non-hydrogen) atoms. The number of terminal acetylenes is 1. The van der Waals surface area contributed by atoms with Gasteiger partial charge < -0.3 is 19.5 Å². The molecular weight excluding hydrogens is 473 g/mol. The van der Waals surface area contributed by atoms with Crippen molar-refractivity contribution in [2.45, 2.75) is 75.8 Å². The van der Waals surface area contributed by atoms with Gasteiger partial charge in [-0.1, -0.05) is 6.92 Å². The lowest BCUT2D eigenvalue weighted by Crippen LogP contribution is -2.63. The molecular formula is C24H35B2N6O3P. The zero-order valence-electron chi connectivity index (χ0n) is 22.2. The minimum atomic E-state index is -0.480. The van der Waals surface area contributed by atoms with Gasteiger partial charge >= 0.3 is 7.12 Å². The highest BCUT2D eigenvalue weighted by atomic mass is 31.0. The Morgan fingerprint density at radius 2 is 1.92 bits per heavy atom. The van der Waals surface area contributed by atoms with Crippen LogP contribution in [0, 0.1) is 12.3 Å². The van der Waals surface area contributed by atoms with Crippen LogP contribution in [0.1, 0.15) is 58.5 Å². The van der Waals surface area contributed by atoms with Crippen molar-refractivity contribution in [2.75, 3.05) is 18.0 Å². The van der Waals surface area contributed by atoms with E-state index in [1.165, 1.54) is 6.20 Å². The number of nitrogens with zero attached hydrogens (tertiary/aromatic N) is 5. The van der Waals surface area contributed by atoms with Crippen molar-refractivity contribution < 1.29 is 14.1 Å². The van der Waals surface area contributed by atoms with Gasteiger partial charge in [-0.3, -0.25) is 9.48 Å². The monoisotopic (exact) mass is 508 g/mol. The van der Waals surface area contributed by atoms with E-state index in [9.17, 15) is 4.79 Å². The van der Waals surface area contributed by atoms with Gasteiger partial charge in [-0.2, -0.15) is 5.10 Å². The van der Waals surface area contributed by atoms with E-state index in [1.54, 1.807) is 12.4 Å². The second-order valence-corrected chi connectivity index (χ2v) is 13.0. The van der Waals surface area contributed by atoms with E-state index in [0.717, 1.165) is 5.46 Å². The van der Waals surface area contributed by atoms with Gasteiger partial charge in [0, 0.05) is 43.4 Å². The van der Waals surface area contributed by atoms with Crippen LogP contribution >= 0.6 is 9.24 Å². The topological polar surface area (TPSA) is 94.4 Å². The lowest BCUT2D eigenvalue weighted by Gasteiger charge is -2.49. The minimum Gasteiger partial charge on any atom is -0.399 e. The van der Waals surface area contributed by atoms with Crippen LogP contribution in [0.15, 0.2) is 24.8 Å². The lowest BCUT2D eigenvalue weighted by molar-refractivity contribution is 0.00578. The van der Waals surface area contributed by atoms with Gasteiger partial charge in [0.15, 0.2) is 0 Å². The van der Waals surface area contributed by atoms with Crippen LogP contribution in [-0.2, 0) is 14.8 Å². The third-order valence-corrected chi connectivity index (χ3v) is 8.17. The van der Waals surface area contributed by atoms with Gasteiger partial charge in [-0.25, -0.2) is 9.97 Å². The maximum Gasteiger partial charge on any atom is 0.498 e. The molecule has 3 unspecified atom stereocenters. The highest BCUT2D eigenvalue weighted by molar-refractivity contribution is 7.22. The zero-order chi connectivity index (χ0) is 26.5. The second kappa shape index (κ2) is 9.16. The third-order valence-electron chi connectivity index (χ3n) is 7.67. The first-order valence-corrected chi connectivity index (χ1v) is 12.8. The quantitative estimate of drug-likeness (QED) is 0.332. The van der Waals surface area contributed by atoms with Crippen LogP contribution in [0.4, 0.5) is 5.82 Å². The van der Waals surface area contributed by atoms with Gasteiger partial charge in [0.05, 0.1) is 23.6 Å². The Labute approximate surface area is 217 Å². The first kappa shape index (κ1) is 26.7. The lowest BCUT2D eigenvalue weighted by atomic mass is 9.81. The number of rotatable bonds is 7. The molecule has 0 radical (unpaired) electrons. The molecule has 4 heterocycles. The number of nitrogens with one attached hydrogen (secondary N) is 1. The third kappa shape index (κ3) is 4.91. The fourth-order valence-electron chi connectivity index (χ4n) is 4.11. The van der Waals surface area contributed by atoms with E-state index in [4.69, 9.17) is 15.7 Å². The molecule has 12 heteroatoms. The molecule has 0 aromatic carbocycles. The Kier molecular flexibility index (Phi) is 6.79. The van der Waals surface area contributed by atoms with Gasteiger partial charge in [0.1, 0.15) is 24.9 Å². The van der Waals surface area contributed by atoms with Crippen LogP contribution in [-0.4, -0.2) is 76.0 Å². The Morgan fingerprint density at radius 3 is 2.44 bits per heavy atom. The summed E-state index contributed by atoms with van der Waals surface area (Å²) in [5.41, 5.74) is -0.0611. The summed E-state index contributed by atoms with van der Waals surface area (Å²) < 4.78 is 14.3. The number of carbonyl (C=O) groups is 1. The van der Waals surface area contributed by atoms with Crippen LogP contribution in [0.3, 0.4) is 0 Å². The van der Waals surface area contributed by atoms with E-state index in [2.05, 4.69) is 40.4 Å². The average molecular weight is 508 g/mol. The number of carbonyl (C=O) groups excluding carboxylic acids is 1. The molecule has 0 aliphatic carbocycles. The summed E-state index contributed by atoms with van der Waals surface area (Å²) in [5.74, 6) is 3.25. The SMILES string of the molecule is BC(C)(P)C(C)NC(=O)c1cnc(N2CC(CC#C)(n3cc(B4OC(C)(C)C(C)(C)O4)cn3)C2)cn1. The Balaban J connectivity index is 1.44. The van der Waals surface area contributed by atoms with E-state index < -0.39 is 18.3 Å². The molecule has 1 amide bonds. The Morgan fingerprint density at radius 1 is 1.28 bits per heavy atom. The first-order valence-electron chi connectivity index (χ1n) is 12.2. The Hall–Kier alpha value is -2.40. The summed E-state index contributed by atoms with van der Waals surface area (Å²) in [6.45, 7) is 13.4. The molecule has 1 N–H and O–H groups in total. The molecule has 0 bridgehead atoms. The average Bonchev–Trinajstić information content (AvgIpc) is 3.32. The molecule has 0 saturated carbocycles. The highest BCUT2D eigenvalue weighted by Gasteiger charge is 2.53. The molecule has 2 saturated heterocycles. The molecule has 3 atom stereocenters. The highest BCUT2D eigenvalue weighted by Crippen LogP contribution is 2.37. The summed E-state index contributed by atoms with van der Waals surface area (Å²) >= 11 is 0. The summed E-state index contributed by atoms with van der Waals surface area (Å²) in [6, 6.07) is -0.0348. The molecule has 190 valence electrons. The summed E-state index contributed by atoms with van der Waals surface area (Å²) in [6.07, 6.45) is 13.1. The number of hydrogen-bond acceptors (Lipinski definition) is 7. The summed E-state index contributed by atoms with van der Waals surface area (Å²) in [7, 11) is 4.31. The van der Waals surface area contributed by atoms with Gasteiger partial charge in [0.2, 0.25) is 0 Å². The van der Waals surface area contributed by atoms with Crippen LogP contribution < -0.4 is 15.7 Å². The van der Waals surface area contributed by atoms with E-state index >= 15 is 0 Å². The normalized spacial score (nSPS) is 22.3. The van der Waals surface area contributed by atoms with Crippen molar-refractivity contribution in [2.24, 2.45) is 0 Å². The molecule has 9 nitrogen and oxygen atoms in total. The minimum absolute atomic E-state index is 0.0348. The fourth-order valence-corrected chi connectivity index (χ4v) is 4.19. The standard InChI is InChI=1S/C24H35B2N6O3P/c1-8-9-24(32-13-17(10-29-32)26-34-21(3,4)22(5,6)35-26)14-31(15-24)19-12-27-18(11-28-19)20(33)30-16(2)23(7,25)36/h1,10-13,16H,9,14-15,25,36H2,2-7H3,(H,30,33). The largest absolute Gasteiger partial charge is 0.498 e. The first-order chi connectivity index (χ1) is 16.7. The summed E-state index contributed by atoms with van der Waals surface area (Å²) in [4.78, 5) is 23.5. The maximum absolute atomic E-state index is 12.5. The number of amides is 1. The molecule has 2 aromatic heterocycles. The van der Waals surface area contributed by atoms with E-state index in [1.807, 2.05) is 60.3 Å². The molecule has 2 aromatic rings. The van der Waals surface area contributed by atoms with Crippen molar-refractivity contribution in [3.05, 3.63) is 30.5 Å². The number of aromatic nitrogens is 4. The Bertz CT molecular complexity index is 1150. The van der Waals surface area contributed by atoms with Crippen molar-refractivity contribution in [3.63, 3.8) is 0 Å². The van der Waals surface area contributed by atoms with Gasteiger partial charge in [-0.05, 0) is 39.7 Å². The zero-order valence-corrected chi connectivity index (χ0v) is 23.4. The molecule has 0 spiro atoms.